The van der Waals surface area contributed by atoms with Gasteiger partial charge in [0.05, 0.1) is 11.3 Å². The standard InChI is InChI=1S/C20H22N4O/c1-4-21-16-12-10-15(11-13-16)14-18-19(23(2)3)22-24(20(18)25)17-8-6-5-7-9-17/h5-14,21H,4H2,1-3H3/b18-14-. The highest BCUT2D eigenvalue weighted by Gasteiger charge is 2.32. The smallest absolute Gasteiger partial charge is 0.282 e. The first-order valence-electron chi connectivity index (χ1n) is 8.31. The van der Waals surface area contributed by atoms with Gasteiger partial charge in [-0.15, -0.1) is 5.10 Å². The van der Waals surface area contributed by atoms with Crippen LogP contribution in [0.5, 0.6) is 0 Å². The summed E-state index contributed by atoms with van der Waals surface area (Å²) in [7, 11) is 3.78. The first-order chi connectivity index (χ1) is 12.1. The van der Waals surface area contributed by atoms with E-state index in [1.54, 1.807) is 0 Å². The molecule has 0 atom stereocenters. The quantitative estimate of drug-likeness (QED) is 0.872. The molecule has 128 valence electrons. The van der Waals surface area contributed by atoms with Crippen LogP contribution in [0, 0.1) is 0 Å². The zero-order valence-electron chi connectivity index (χ0n) is 14.7. The Labute approximate surface area is 148 Å². The van der Waals surface area contributed by atoms with Gasteiger partial charge in [-0.05, 0) is 42.8 Å². The lowest BCUT2D eigenvalue weighted by Gasteiger charge is -2.11. The molecule has 2 aromatic rings. The van der Waals surface area contributed by atoms with Crippen molar-refractivity contribution in [2.24, 2.45) is 5.10 Å². The summed E-state index contributed by atoms with van der Waals surface area (Å²) in [5.41, 5.74) is 3.38. The highest BCUT2D eigenvalue weighted by Crippen LogP contribution is 2.25. The first-order valence-corrected chi connectivity index (χ1v) is 8.31. The topological polar surface area (TPSA) is 47.9 Å². The van der Waals surface area contributed by atoms with Gasteiger partial charge in [0.15, 0.2) is 5.84 Å². The van der Waals surface area contributed by atoms with Crippen LogP contribution in [0.4, 0.5) is 11.4 Å². The third-order valence-corrected chi connectivity index (χ3v) is 3.89. The van der Waals surface area contributed by atoms with Crippen LogP contribution in [0.2, 0.25) is 0 Å². The first kappa shape index (κ1) is 16.8. The number of nitrogens with one attached hydrogen (secondary N) is 1. The van der Waals surface area contributed by atoms with Gasteiger partial charge >= 0.3 is 0 Å². The predicted molar refractivity (Wildman–Crippen MR) is 104 cm³/mol. The van der Waals surface area contributed by atoms with Crippen molar-refractivity contribution in [2.75, 3.05) is 31.0 Å². The van der Waals surface area contributed by atoms with Crippen molar-refractivity contribution in [3.63, 3.8) is 0 Å². The largest absolute Gasteiger partial charge is 0.385 e. The summed E-state index contributed by atoms with van der Waals surface area (Å²) in [6, 6.07) is 17.5. The third kappa shape index (κ3) is 3.55. The van der Waals surface area contributed by atoms with E-state index in [0.717, 1.165) is 23.5 Å². The van der Waals surface area contributed by atoms with Crippen LogP contribution < -0.4 is 10.3 Å². The van der Waals surface area contributed by atoms with E-state index in [9.17, 15) is 4.79 Å². The molecule has 25 heavy (non-hydrogen) atoms. The van der Waals surface area contributed by atoms with Gasteiger partial charge < -0.3 is 10.2 Å². The Bertz CT molecular complexity index is 807. The predicted octanol–water partition coefficient (Wildman–Crippen LogP) is 3.42. The van der Waals surface area contributed by atoms with E-state index in [1.807, 2.05) is 79.7 Å². The van der Waals surface area contributed by atoms with Crippen LogP contribution in [-0.2, 0) is 4.79 Å². The molecule has 5 nitrogen and oxygen atoms in total. The van der Waals surface area contributed by atoms with Gasteiger partial charge in [-0.2, -0.15) is 5.01 Å². The van der Waals surface area contributed by atoms with Crippen molar-refractivity contribution in [1.29, 1.82) is 0 Å². The summed E-state index contributed by atoms with van der Waals surface area (Å²) < 4.78 is 0. The van der Waals surface area contributed by atoms with Crippen molar-refractivity contribution >= 4 is 29.2 Å². The van der Waals surface area contributed by atoms with E-state index in [0.29, 0.717) is 11.4 Å². The Morgan fingerprint density at radius 2 is 1.76 bits per heavy atom. The number of nitrogens with zero attached hydrogens (tertiary/aromatic N) is 3. The number of hydrogen-bond donors (Lipinski definition) is 1. The average Bonchev–Trinajstić information content (AvgIpc) is 2.95. The average molecular weight is 334 g/mol. The third-order valence-electron chi connectivity index (χ3n) is 3.89. The van der Waals surface area contributed by atoms with Gasteiger partial charge in [0.2, 0.25) is 0 Å². The normalized spacial score (nSPS) is 15.5. The van der Waals surface area contributed by atoms with Crippen LogP contribution in [-0.4, -0.2) is 37.3 Å². The molecular weight excluding hydrogens is 312 g/mol. The highest BCUT2D eigenvalue weighted by atomic mass is 16.2. The summed E-state index contributed by atoms with van der Waals surface area (Å²) in [4.78, 5) is 14.8. The SMILES string of the molecule is CCNc1ccc(/C=C2\C(=O)N(c3ccccc3)N=C2N(C)C)cc1. The number of amides is 1. The van der Waals surface area contributed by atoms with E-state index in [4.69, 9.17) is 0 Å². The van der Waals surface area contributed by atoms with Crippen molar-refractivity contribution < 1.29 is 4.79 Å². The van der Waals surface area contributed by atoms with E-state index >= 15 is 0 Å². The maximum absolute atomic E-state index is 12.9. The van der Waals surface area contributed by atoms with Crippen LogP contribution >= 0.6 is 0 Å². The fraction of sp³-hybridized carbons (Fsp3) is 0.200. The van der Waals surface area contributed by atoms with Gasteiger partial charge in [-0.25, -0.2) is 0 Å². The second-order valence-electron chi connectivity index (χ2n) is 5.98. The summed E-state index contributed by atoms with van der Waals surface area (Å²) in [5.74, 6) is 0.537. The summed E-state index contributed by atoms with van der Waals surface area (Å²) in [6.45, 7) is 2.94. The Balaban J connectivity index is 1.94. The summed E-state index contributed by atoms with van der Waals surface area (Å²) >= 11 is 0. The lowest BCUT2D eigenvalue weighted by molar-refractivity contribution is -0.114. The van der Waals surface area contributed by atoms with E-state index in [-0.39, 0.29) is 5.91 Å². The van der Waals surface area contributed by atoms with Crippen molar-refractivity contribution in [3.8, 4) is 0 Å². The Morgan fingerprint density at radius 1 is 1.08 bits per heavy atom. The van der Waals surface area contributed by atoms with Gasteiger partial charge in [-0.1, -0.05) is 30.3 Å². The zero-order valence-corrected chi connectivity index (χ0v) is 14.7. The number of para-hydroxylation sites is 1. The molecule has 1 aliphatic rings. The minimum atomic E-state index is -0.120. The Kier molecular flexibility index (Phi) is 4.84. The molecule has 1 N–H and O–H groups in total. The second-order valence-corrected chi connectivity index (χ2v) is 5.98. The maximum atomic E-state index is 12.9. The molecule has 0 radical (unpaired) electrons. The summed E-state index contributed by atoms with van der Waals surface area (Å²) in [6.07, 6.45) is 1.89. The number of likely N-dealkylation sites (N-methyl/N-ethyl adjacent to an activating group) is 1. The molecule has 0 saturated carbocycles. The molecule has 0 bridgehead atoms. The number of hydrazone groups is 1. The number of carbonyl (C=O) groups is 1. The van der Waals surface area contributed by atoms with Gasteiger partial charge in [0, 0.05) is 26.3 Å². The molecule has 5 heteroatoms. The molecule has 0 fully saturated rings. The summed E-state index contributed by atoms with van der Waals surface area (Å²) in [5, 5.41) is 9.23. The maximum Gasteiger partial charge on any atom is 0.282 e. The lowest BCUT2D eigenvalue weighted by Crippen LogP contribution is -2.24. The monoisotopic (exact) mass is 334 g/mol. The van der Waals surface area contributed by atoms with Crippen molar-refractivity contribution in [1.82, 2.24) is 4.90 Å². The molecular formula is C20H22N4O. The number of benzene rings is 2. The van der Waals surface area contributed by atoms with Gasteiger partial charge in [0.25, 0.3) is 5.91 Å². The molecule has 3 rings (SSSR count). The van der Waals surface area contributed by atoms with Crippen LogP contribution in [0.25, 0.3) is 6.08 Å². The van der Waals surface area contributed by atoms with Gasteiger partial charge in [-0.3, -0.25) is 4.79 Å². The molecule has 0 aliphatic carbocycles. The van der Waals surface area contributed by atoms with Crippen LogP contribution in [0.15, 0.2) is 65.3 Å². The minimum absolute atomic E-state index is 0.120. The van der Waals surface area contributed by atoms with E-state index in [1.165, 1.54) is 5.01 Å². The fourth-order valence-corrected chi connectivity index (χ4v) is 2.67. The minimum Gasteiger partial charge on any atom is -0.385 e. The lowest BCUT2D eigenvalue weighted by atomic mass is 10.1. The molecule has 1 aliphatic heterocycles. The van der Waals surface area contributed by atoms with Crippen LogP contribution in [0.3, 0.4) is 0 Å². The molecule has 0 aromatic heterocycles. The molecule has 0 spiro atoms. The molecule has 0 unspecified atom stereocenters. The number of amidine groups is 1. The van der Waals surface area contributed by atoms with Crippen molar-refractivity contribution in [2.45, 2.75) is 6.92 Å². The van der Waals surface area contributed by atoms with E-state index in [2.05, 4.69) is 17.3 Å². The zero-order chi connectivity index (χ0) is 17.8. The molecule has 1 amide bonds. The number of rotatable bonds is 4. The fourth-order valence-electron chi connectivity index (χ4n) is 2.67. The number of anilines is 2. The van der Waals surface area contributed by atoms with E-state index < -0.39 is 0 Å². The highest BCUT2D eigenvalue weighted by molar-refractivity contribution is 6.31. The molecule has 2 aromatic carbocycles. The van der Waals surface area contributed by atoms with Crippen LogP contribution in [0.1, 0.15) is 12.5 Å². The number of carbonyl (C=O) groups excluding carboxylic acids is 1. The Morgan fingerprint density at radius 3 is 2.36 bits per heavy atom. The molecule has 1 heterocycles. The van der Waals surface area contributed by atoms with Crippen molar-refractivity contribution in [3.05, 3.63) is 65.7 Å². The second kappa shape index (κ2) is 7.21. The Hall–Kier alpha value is -3.08. The van der Waals surface area contributed by atoms with Gasteiger partial charge in [0.1, 0.15) is 0 Å². The molecule has 0 saturated heterocycles. The number of hydrogen-bond acceptors (Lipinski definition) is 4.